The molecule has 0 radical (unpaired) electrons. The highest BCUT2D eigenvalue weighted by Gasteiger charge is 2.09. The van der Waals surface area contributed by atoms with Gasteiger partial charge in [0, 0.05) is 12.1 Å². The SMILES string of the molecule is Cc1cccc(Cl)c1Oc1ccc(O)c(CN(C)C)c1. The molecule has 0 aromatic heterocycles. The number of halogens is 1. The largest absolute Gasteiger partial charge is 0.508 e. The van der Waals surface area contributed by atoms with Gasteiger partial charge in [-0.15, -0.1) is 0 Å². The highest BCUT2D eigenvalue weighted by Crippen LogP contribution is 2.34. The summed E-state index contributed by atoms with van der Waals surface area (Å²) in [5, 5.41) is 10.4. The molecule has 0 saturated heterocycles. The fourth-order valence-corrected chi connectivity index (χ4v) is 2.22. The number of aryl methyl sites for hydroxylation is 1. The van der Waals surface area contributed by atoms with Crippen LogP contribution in [-0.4, -0.2) is 24.1 Å². The number of phenols is 1. The number of ether oxygens (including phenoxy) is 1. The van der Waals surface area contributed by atoms with Gasteiger partial charge in [0.15, 0.2) is 0 Å². The van der Waals surface area contributed by atoms with Crippen molar-refractivity contribution in [3.8, 4) is 17.2 Å². The van der Waals surface area contributed by atoms with Crippen LogP contribution in [0.1, 0.15) is 11.1 Å². The van der Waals surface area contributed by atoms with E-state index in [9.17, 15) is 5.11 Å². The van der Waals surface area contributed by atoms with Gasteiger partial charge >= 0.3 is 0 Å². The van der Waals surface area contributed by atoms with Crippen molar-refractivity contribution in [1.29, 1.82) is 0 Å². The number of aromatic hydroxyl groups is 1. The van der Waals surface area contributed by atoms with E-state index in [-0.39, 0.29) is 5.75 Å². The van der Waals surface area contributed by atoms with Crippen LogP contribution < -0.4 is 4.74 Å². The molecule has 106 valence electrons. The summed E-state index contributed by atoms with van der Waals surface area (Å²) in [6, 6.07) is 10.8. The second kappa shape index (κ2) is 6.16. The lowest BCUT2D eigenvalue weighted by atomic mass is 10.1. The van der Waals surface area contributed by atoms with E-state index in [0.717, 1.165) is 11.1 Å². The molecule has 2 rings (SSSR count). The van der Waals surface area contributed by atoms with E-state index in [2.05, 4.69) is 0 Å². The number of phenolic OH excluding ortho intramolecular Hbond substituents is 1. The topological polar surface area (TPSA) is 32.7 Å². The Balaban J connectivity index is 2.30. The molecule has 0 spiro atoms. The van der Waals surface area contributed by atoms with Crippen LogP contribution in [0, 0.1) is 6.92 Å². The van der Waals surface area contributed by atoms with E-state index in [0.29, 0.717) is 23.1 Å². The minimum Gasteiger partial charge on any atom is -0.508 e. The molecule has 20 heavy (non-hydrogen) atoms. The number of nitrogens with zero attached hydrogens (tertiary/aromatic N) is 1. The summed E-state index contributed by atoms with van der Waals surface area (Å²) >= 11 is 6.15. The van der Waals surface area contributed by atoms with E-state index in [1.54, 1.807) is 18.2 Å². The predicted octanol–water partition coefficient (Wildman–Crippen LogP) is 4.21. The smallest absolute Gasteiger partial charge is 0.148 e. The molecule has 0 atom stereocenters. The van der Waals surface area contributed by atoms with E-state index < -0.39 is 0 Å². The van der Waals surface area contributed by atoms with E-state index >= 15 is 0 Å². The van der Waals surface area contributed by atoms with Crippen LogP contribution in [0.25, 0.3) is 0 Å². The van der Waals surface area contributed by atoms with Crippen LogP contribution in [0.15, 0.2) is 36.4 Å². The zero-order valence-corrected chi connectivity index (χ0v) is 12.6. The summed E-state index contributed by atoms with van der Waals surface area (Å²) in [6.45, 7) is 2.59. The summed E-state index contributed by atoms with van der Waals surface area (Å²) in [4.78, 5) is 1.99. The Hall–Kier alpha value is -1.71. The van der Waals surface area contributed by atoms with Crippen molar-refractivity contribution in [3.63, 3.8) is 0 Å². The van der Waals surface area contributed by atoms with Gasteiger partial charge in [-0.05, 0) is 50.8 Å². The van der Waals surface area contributed by atoms with Gasteiger partial charge in [0.05, 0.1) is 5.02 Å². The Morgan fingerprint density at radius 3 is 2.60 bits per heavy atom. The quantitative estimate of drug-likeness (QED) is 0.916. The number of rotatable bonds is 4. The highest BCUT2D eigenvalue weighted by atomic mass is 35.5. The Bertz CT molecular complexity index is 591. The molecule has 0 unspecified atom stereocenters. The lowest BCUT2D eigenvalue weighted by Crippen LogP contribution is -2.10. The normalized spacial score (nSPS) is 10.8. The van der Waals surface area contributed by atoms with Crippen molar-refractivity contribution in [3.05, 3.63) is 52.5 Å². The van der Waals surface area contributed by atoms with E-state index in [1.807, 2.05) is 44.1 Å². The Labute approximate surface area is 124 Å². The monoisotopic (exact) mass is 291 g/mol. The van der Waals surface area contributed by atoms with E-state index in [1.165, 1.54) is 0 Å². The number of benzene rings is 2. The van der Waals surface area contributed by atoms with Crippen molar-refractivity contribution in [2.24, 2.45) is 0 Å². The Morgan fingerprint density at radius 1 is 1.20 bits per heavy atom. The van der Waals surface area contributed by atoms with Crippen LogP contribution in [0.2, 0.25) is 5.02 Å². The van der Waals surface area contributed by atoms with Gasteiger partial charge < -0.3 is 14.7 Å². The highest BCUT2D eigenvalue weighted by molar-refractivity contribution is 6.32. The Morgan fingerprint density at radius 2 is 1.95 bits per heavy atom. The molecule has 0 aliphatic rings. The Kier molecular flexibility index (Phi) is 4.53. The zero-order chi connectivity index (χ0) is 14.7. The van der Waals surface area contributed by atoms with Crippen molar-refractivity contribution in [1.82, 2.24) is 4.90 Å². The zero-order valence-electron chi connectivity index (χ0n) is 11.9. The van der Waals surface area contributed by atoms with Gasteiger partial charge in [-0.25, -0.2) is 0 Å². The number of para-hydroxylation sites is 1. The first-order valence-electron chi connectivity index (χ1n) is 6.37. The van der Waals surface area contributed by atoms with Crippen LogP contribution in [0.5, 0.6) is 17.2 Å². The fourth-order valence-electron chi connectivity index (χ4n) is 1.96. The van der Waals surface area contributed by atoms with Crippen molar-refractivity contribution < 1.29 is 9.84 Å². The number of hydrogen-bond donors (Lipinski definition) is 1. The maximum atomic E-state index is 9.85. The molecular weight excluding hydrogens is 274 g/mol. The van der Waals surface area contributed by atoms with E-state index in [4.69, 9.17) is 16.3 Å². The van der Waals surface area contributed by atoms with Crippen LogP contribution >= 0.6 is 11.6 Å². The van der Waals surface area contributed by atoms with Gasteiger partial charge in [-0.3, -0.25) is 0 Å². The first-order valence-corrected chi connectivity index (χ1v) is 6.75. The summed E-state index contributed by atoms with van der Waals surface area (Å²) in [5.74, 6) is 1.58. The van der Waals surface area contributed by atoms with Crippen molar-refractivity contribution in [2.75, 3.05) is 14.1 Å². The summed E-state index contributed by atoms with van der Waals surface area (Å²) in [5.41, 5.74) is 1.79. The minimum atomic E-state index is 0.266. The first-order chi connectivity index (χ1) is 9.47. The molecule has 3 nitrogen and oxygen atoms in total. The molecule has 2 aromatic carbocycles. The molecule has 0 aliphatic carbocycles. The third-order valence-corrected chi connectivity index (χ3v) is 3.22. The van der Waals surface area contributed by atoms with Crippen molar-refractivity contribution >= 4 is 11.6 Å². The molecule has 1 N–H and O–H groups in total. The molecule has 2 aromatic rings. The third kappa shape index (κ3) is 3.44. The molecule has 0 bridgehead atoms. The summed E-state index contributed by atoms with van der Waals surface area (Å²) in [7, 11) is 3.90. The molecule has 0 heterocycles. The maximum absolute atomic E-state index is 9.85. The molecule has 0 fully saturated rings. The predicted molar refractivity (Wildman–Crippen MR) is 81.8 cm³/mol. The molecule has 0 aliphatic heterocycles. The molecule has 0 saturated carbocycles. The number of hydrogen-bond acceptors (Lipinski definition) is 3. The second-order valence-corrected chi connectivity index (χ2v) is 5.42. The molecular formula is C16H18ClNO2. The molecule has 4 heteroatoms. The average Bonchev–Trinajstić information content (AvgIpc) is 2.37. The average molecular weight is 292 g/mol. The standard InChI is InChI=1S/C16H18ClNO2/c1-11-5-4-6-14(17)16(11)20-13-7-8-15(19)12(9-13)10-18(2)3/h4-9,19H,10H2,1-3H3. The van der Waals surface area contributed by atoms with Crippen LogP contribution in [-0.2, 0) is 6.54 Å². The maximum Gasteiger partial charge on any atom is 0.148 e. The summed E-state index contributed by atoms with van der Waals surface area (Å²) < 4.78 is 5.86. The van der Waals surface area contributed by atoms with Crippen molar-refractivity contribution in [2.45, 2.75) is 13.5 Å². The third-order valence-electron chi connectivity index (χ3n) is 2.92. The van der Waals surface area contributed by atoms with Gasteiger partial charge in [0.1, 0.15) is 17.2 Å². The lowest BCUT2D eigenvalue weighted by Gasteiger charge is -2.14. The van der Waals surface area contributed by atoms with Gasteiger partial charge in [-0.2, -0.15) is 0 Å². The van der Waals surface area contributed by atoms with Crippen LogP contribution in [0.4, 0.5) is 0 Å². The van der Waals surface area contributed by atoms with Gasteiger partial charge in [0.25, 0.3) is 0 Å². The lowest BCUT2D eigenvalue weighted by molar-refractivity contribution is 0.383. The first kappa shape index (κ1) is 14.7. The van der Waals surface area contributed by atoms with Gasteiger partial charge in [-0.1, -0.05) is 23.7 Å². The second-order valence-electron chi connectivity index (χ2n) is 5.02. The fraction of sp³-hybridized carbons (Fsp3) is 0.250. The minimum absolute atomic E-state index is 0.266. The molecule has 0 amide bonds. The van der Waals surface area contributed by atoms with Crippen LogP contribution in [0.3, 0.4) is 0 Å². The summed E-state index contributed by atoms with van der Waals surface area (Å²) in [6.07, 6.45) is 0. The van der Waals surface area contributed by atoms with Gasteiger partial charge in [0.2, 0.25) is 0 Å².